The predicted octanol–water partition coefficient (Wildman–Crippen LogP) is 4.15. The van der Waals surface area contributed by atoms with Gasteiger partial charge in [0.2, 0.25) is 9.47 Å². The van der Waals surface area contributed by atoms with Gasteiger partial charge in [-0.05, 0) is 43.3 Å². The zero-order valence-corrected chi connectivity index (χ0v) is 20.2. The lowest BCUT2D eigenvalue weighted by molar-refractivity contribution is 0.102. The van der Waals surface area contributed by atoms with E-state index in [2.05, 4.69) is 20.2 Å². The van der Waals surface area contributed by atoms with E-state index < -0.39 is 22.0 Å². The first kappa shape index (κ1) is 24.2. The lowest BCUT2D eigenvalue weighted by atomic mass is 10.1. The van der Waals surface area contributed by atoms with Gasteiger partial charge in [0.05, 0.1) is 24.8 Å². The van der Waals surface area contributed by atoms with Gasteiger partial charge in [-0.3, -0.25) is 10.1 Å². The number of nitrogens with zero attached hydrogens (tertiary/aromatic N) is 2. The van der Waals surface area contributed by atoms with Gasteiger partial charge >= 0.3 is 0 Å². The third-order valence-corrected chi connectivity index (χ3v) is 7.56. The van der Waals surface area contributed by atoms with E-state index >= 15 is 0 Å². The molecule has 0 unspecified atom stereocenters. The Kier molecular flexibility index (Phi) is 7.57. The average Bonchev–Trinajstić information content (AvgIpc) is 3.22. The number of hydrogen-bond acceptors (Lipinski definition) is 8. The first-order valence-corrected chi connectivity index (χ1v) is 12.0. The highest BCUT2D eigenvalue weighted by atomic mass is 35.5. The van der Waals surface area contributed by atoms with Crippen molar-refractivity contribution in [2.75, 3.05) is 19.5 Å². The summed E-state index contributed by atoms with van der Waals surface area (Å²) in [6, 6.07) is 8.77. The standard InChI is InChI=1S/C19H18Cl2N4O5S2/c1-10(14-9-12(29-2)5-7-16(14)30-3)25-32(27,28)19-24-23-18(31-19)22-17(26)13-6-4-11(20)8-15(13)21/h4-10,25H,1-3H3,(H,22,23,26)/t10-/m0/s1. The molecule has 32 heavy (non-hydrogen) atoms. The molecule has 2 aromatic carbocycles. The summed E-state index contributed by atoms with van der Waals surface area (Å²) in [5.74, 6) is 0.467. The van der Waals surface area contributed by atoms with Crippen LogP contribution in [0.15, 0.2) is 40.7 Å². The van der Waals surface area contributed by atoms with Crippen LogP contribution in [0.4, 0.5) is 5.13 Å². The van der Waals surface area contributed by atoms with Gasteiger partial charge < -0.3 is 9.47 Å². The van der Waals surface area contributed by atoms with Crippen molar-refractivity contribution >= 4 is 55.6 Å². The van der Waals surface area contributed by atoms with Gasteiger partial charge in [0, 0.05) is 16.6 Å². The average molecular weight is 517 g/mol. The number of amides is 1. The van der Waals surface area contributed by atoms with Gasteiger partial charge in [-0.15, -0.1) is 10.2 Å². The second kappa shape index (κ2) is 10.0. The van der Waals surface area contributed by atoms with E-state index in [9.17, 15) is 13.2 Å². The van der Waals surface area contributed by atoms with Crippen LogP contribution in [0.1, 0.15) is 28.9 Å². The molecule has 0 spiro atoms. The Labute approximate surface area is 198 Å². The van der Waals surface area contributed by atoms with E-state index in [1.807, 2.05) is 0 Å². The van der Waals surface area contributed by atoms with Crippen LogP contribution in [-0.4, -0.2) is 38.7 Å². The van der Waals surface area contributed by atoms with Gasteiger partial charge in [-0.1, -0.05) is 34.5 Å². The molecule has 13 heteroatoms. The number of methoxy groups -OCH3 is 2. The molecule has 0 aliphatic heterocycles. The van der Waals surface area contributed by atoms with Crippen molar-refractivity contribution in [3.8, 4) is 11.5 Å². The van der Waals surface area contributed by atoms with Crippen LogP contribution in [0.5, 0.6) is 11.5 Å². The monoisotopic (exact) mass is 516 g/mol. The van der Waals surface area contributed by atoms with E-state index in [4.69, 9.17) is 32.7 Å². The molecule has 0 aliphatic carbocycles. The van der Waals surface area contributed by atoms with Crippen LogP contribution in [0, 0.1) is 0 Å². The minimum atomic E-state index is -4.04. The zero-order valence-electron chi connectivity index (χ0n) is 17.0. The smallest absolute Gasteiger partial charge is 0.270 e. The van der Waals surface area contributed by atoms with Crippen LogP contribution >= 0.6 is 34.5 Å². The lowest BCUT2D eigenvalue weighted by Crippen LogP contribution is -2.27. The Morgan fingerprint density at radius 2 is 1.84 bits per heavy atom. The number of aromatic nitrogens is 2. The fraction of sp³-hybridized carbons (Fsp3) is 0.211. The molecule has 1 aromatic heterocycles. The summed E-state index contributed by atoms with van der Waals surface area (Å²) < 4.78 is 38.3. The number of rotatable bonds is 8. The van der Waals surface area contributed by atoms with Crippen LogP contribution < -0.4 is 19.5 Å². The number of benzene rings is 2. The zero-order chi connectivity index (χ0) is 23.5. The number of hydrogen-bond donors (Lipinski definition) is 2. The molecule has 1 amide bonds. The van der Waals surface area contributed by atoms with Gasteiger partial charge in [0.15, 0.2) is 0 Å². The highest BCUT2D eigenvalue weighted by Crippen LogP contribution is 2.31. The Hall–Kier alpha value is -2.44. The molecule has 0 saturated carbocycles. The molecular weight excluding hydrogens is 499 g/mol. The van der Waals surface area contributed by atoms with Gasteiger partial charge in [0.1, 0.15) is 11.5 Å². The van der Waals surface area contributed by atoms with E-state index in [-0.39, 0.29) is 20.1 Å². The number of nitrogens with one attached hydrogen (secondary N) is 2. The number of carbonyl (C=O) groups excluding carboxylic acids is 1. The fourth-order valence-corrected chi connectivity index (χ4v) is 5.36. The van der Waals surface area contributed by atoms with Crippen molar-refractivity contribution in [3.05, 3.63) is 57.6 Å². The molecule has 2 N–H and O–H groups in total. The summed E-state index contributed by atoms with van der Waals surface area (Å²) in [4.78, 5) is 12.4. The maximum absolute atomic E-state index is 12.8. The Bertz CT molecular complexity index is 1250. The molecule has 1 heterocycles. The molecule has 1 atom stereocenters. The molecular formula is C19H18Cl2N4O5S2. The van der Waals surface area contributed by atoms with Gasteiger partial charge in [-0.2, -0.15) is 0 Å². The second-order valence-electron chi connectivity index (χ2n) is 6.40. The minimum Gasteiger partial charge on any atom is -0.497 e. The van der Waals surface area contributed by atoms with Crippen LogP contribution in [0.3, 0.4) is 0 Å². The number of carbonyl (C=O) groups is 1. The Morgan fingerprint density at radius 3 is 2.50 bits per heavy atom. The molecule has 0 fully saturated rings. The lowest BCUT2D eigenvalue weighted by Gasteiger charge is -2.17. The molecule has 0 saturated heterocycles. The van der Waals surface area contributed by atoms with Crippen LogP contribution in [0.25, 0.3) is 0 Å². The summed E-state index contributed by atoms with van der Waals surface area (Å²) in [7, 11) is -1.05. The number of halogens is 2. The molecule has 0 bridgehead atoms. The fourth-order valence-electron chi connectivity index (χ4n) is 2.73. The third-order valence-electron chi connectivity index (χ3n) is 4.27. The quantitative estimate of drug-likeness (QED) is 0.431. The third kappa shape index (κ3) is 5.48. The predicted molar refractivity (Wildman–Crippen MR) is 123 cm³/mol. The molecule has 0 aliphatic rings. The van der Waals surface area contributed by atoms with E-state index in [1.54, 1.807) is 25.1 Å². The maximum Gasteiger partial charge on any atom is 0.270 e. The largest absolute Gasteiger partial charge is 0.497 e. The molecule has 9 nitrogen and oxygen atoms in total. The summed E-state index contributed by atoms with van der Waals surface area (Å²) in [6.07, 6.45) is 0. The highest BCUT2D eigenvalue weighted by Gasteiger charge is 2.25. The molecule has 0 radical (unpaired) electrons. The molecule has 3 aromatic rings. The number of anilines is 1. The van der Waals surface area contributed by atoms with Crippen molar-refractivity contribution in [2.24, 2.45) is 0 Å². The normalized spacial score (nSPS) is 12.3. The Balaban J connectivity index is 1.77. The highest BCUT2D eigenvalue weighted by molar-refractivity contribution is 7.91. The van der Waals surface area contributed by atoms with Crippen molar-refractivity contribution in [1.82, 2.24) is 14.9 Å². The number of ether oxygens (including phenoxy) is 2. The second-order valence-corrected chi connectivity index (χ2v) is 10.1. The maximum atomic E-state index is 12.8. The number of sulfonamides is 1. The van der Waals surface area contributed by atoms with Crippen molar-refractivity contribution in [2.45, 2.75) is 17.3 Å². The van der Waals surface area contributed by atoms with E-state index in [1.165, 1.54) is 32.4 Å². The van der Waals surface area contributed by atoms with Crippen LogP contribution in [0.2, 0.25) is 10.0 Å². The topological polar surface area (TPSA) is 120 Å². The summed E-state index contributed by atoms with van der Waals surface area (Å²) in [5.41, 5.74) is 0.735. The first-order valence-electron chi connectivity index (χ1n) is 8.98. The van der Waals surface area contributed by atoms with E-state index in [0.717, 1.165) is 0 Å². The van der Waals surface area contributed by atoms with Crippen molar-refractivity contribution < 1.29 is 22.7 Å². The first-order chi connectivity index (χ1) is 15.1. The van der Waals surface area contributed by atoms with E-state index in [0.29, 0.717) is 33.4 Å². The van der Waals surface area contributed by atoms with Crippen molar-refractivity contribution in [3.63, 3.8) is 0 Å². The molecule has 3 rings (SSSR count). The summed E-state index contributed by atoms with van der Waals surface area (Å²) >= 11 is 12.6. The summed E-state index contributed by atoms with van der Waals surface area (Å²) in [6.45, 7) is 1.65. The van der Waals surface area contributed by atoms with Gasteiger partial charge in [-0.25, -0.2) is 13.1 Å². The van der Waals surface area contributed by atoms with Gasteiger partial charge in [0.25, 0.3) is 15.9 Å². The summed E-state index contributed by atoms with van der Waals surface area (Å²) in [5, 5.41) is 10.4. The van der Waals surface area contributed by atoms with Crippen LogP contribution in [-0.2, 0) is 10.0 Å². The minimum absolute atomic E-state index is 0.00648. The Morgan fingerprint density at radius 1 is 1.09 bits per heavy atom. The van der Waals surface area contributed by atoms with Crippen molar-refractivity contribution in [1.29, 1.82) is 0 Å². The SMILES string of the molecule is COc1ccc(OC)c([C@H](C)NS(=O)(=O)c2nnc(NC(=O)c3ccc(Cl)cc3Cl)s2)c1. The molecule has 170 valence electrons.